The predicted octanol–water partition coefficient (Wildman–Crippen LogP) is 2.60. The molecule has 1 aliphatic carbocycles. The highest BCUT2D eigenvalue weighted by Crippen LogP contribution is 2.39. The maximum Gasteiger partial charge on any atom is 0.118 e. The zero-order valence-corrected chi connectivity index (χ0v) is 8.41. The van der Waals surface area contributed by atoms with E-state index in [0.29, 0.717) is 5.92 Å². The molecule has 0 radical (unpaired) electrons. The third-order valence-corrected chi connectivity index (χ3v) is 3.62. The molecule has 0 fully saturated rings. The number of thioether (sulfide) groups is 1. The van der Waals surface area contributed by atoms with Gasteiger partial charge in [0.2, 0.25) is 0 Å². The van der Waals surface area contributed by atoms with Crippen LogP contribution in [0.2, 0.25) is 0 Å². The van der Waals surface area contributed by atoms with E-state index in [2.05, 4.69) is 13.0 Å². The van der Waals surface area contributed by atoms with E-state index in [9.17, 15) is 0 Å². The van der Waals surface area contributed by atoms with Crippen LogP contribution in [0.25, 0.3) is 0 Å². The second-order valence-electron chi connectivity index (χ2n) is 3.33. The molecule has 0 amide bonds. The van der Waals surface area contributed by atoms with Crippen LogP contribution in [0.3, 0.4) is 0 Å². The van der Waals surface area contributed by atoms with Crippen LogP contribution in [-0.4, -0.2) is 18.6 Å². The van der Waals surface area contributed by atoms with Crippen LogP contribution in [0.4, 0.5) is 0 Å². The molecule has 0 spiro atoms. The molecule has 2 heteroatoms. The van der Waals surface area contributed by atoms with Gasteiger partial charge >= 0.3 is 0 Å². The quantitative estimate of drug-likeness (QED) is 0.616. The largest absolute Gasteiger partial charge is 0.497 e. The van der Waals surface area contributed by atoms with Gasteiger partial charge in [-0.2, -0.15) is 11.8 Å². The van der Waals surface area contributed by atoms with Crippen molar-refractivity contribution in [1.82, 2.24) is 0 Å². The Balaban J connectivity index is 2.30. The van der Waals surface area contributed by atoms with E-state index in [0.717, 1.165) is 5.76 Å². The molecule has 1 nitrogen and oxygen atoms in total. The summed E-state index contributed by atoms with van der Waals surface area (Å²) in [7, 11) is 1.77. The first-order valence-corrected chi connectivity index (χ1v) is 5.54. The lowest BCUT2D eigenvalue weighted by molar-refractivity contribution is 0.299. The van der Waals surface area contributed by atoms with E-state index in [1.807, 2.05) is 11.8 Å². The second kappa shape index (κ2) is 3.17. The summed E-state index contributed by atoms with van der Waals surface area (Å²) in [4.78, 5) is 0. The van der Waals surface area contributed by atoms with Gasteiger partial charge in [0.1, 0.15) is 5.76 Å². The average Bonchev–Trinajstić information content (AvgIpc) is 2.44. The number of ether oxygens (including phenoxy) is 1. The minimum Gasteiger partial charge on any atom is -0.497 e. The van der Waals surface area contributed by atoms with E-state index in [1.54, 1.807) is 12.7 Å². The molecular formula is C10H14OS. The molecular weight excluding hydrogens is 168 g/mol. The Morgan fingerprint density at radius 2 is 2.42 bits per heavy atom. The van der Waals surface area contributed by atoms with Crippen LogP contribution >= 0.6 is 11.8 Å². The van der Waals surface area contributed by atoms with Crippen molar-refractivity contribution in [2.24, 2.45) is 5.92 Å². The zero-order chi connectivity index (χ0) is 8.55. The molecule has 0 aromatic carbocycles. The van der Waals surface area contributed by atoms with Gasteiger partial charge in [-0.25, -0.2) is 0 Å². The van der Waals surface area contributed by atoms with Crippen molar-refractivity contribution in [2.75, 3.05) is 18.6 Å². The monoisotopic (exact) mass is 182 g/mol. The molecule has 0 unspecified atom stereocenters. The molecule has 0 N–H and O–H groups in total. The summed E-state index contributed by atoms with van der Waals surface area (Å²) in [6, 6.07) is 0. The van der Waals surface area contributed by atoms with Crippen molar-refractivity contribution in [3.63, 3.8) is 0 Å². The predicted molar refractivity (Wildman–Crippen MR) is 53.2 cm³/mol. The topological polar surface area (TPSA) is 9.23 Å². The molecule has 1 atom stereocenters. The zero-order valence-electron chi connectivity index (χ0n) is 7.59. The highest BCUT2D eigenvalue weighted by molar-refractivity contribution is 7.99. The lowest BCUT2D eigenvalue weighted by Gasteiger charge is -2.17. The van der Waals surface area contributed by atoms with Crippen LogP contribution in [0.5, 0.6) is 0 Å². The molecule has 2 rings (SSSR count). The number of hydrogen-bond donors (Lipinski definition) is 0. The van der Waals surface area contributed by atoms with Gasteiger partial charge in [-0.1, -0.05) is 6.92 Å². The van der Waals surface area contributed by atoms with E-state index in [-0.39, 0.29) is 0 Å². The minimum atomic E-state index is 0.614. The Morgan fingerprint density at radius 3 is 3.17 bits per heavy atom. The van der Waals surface area contributed by atoms with Crippen molar-refractivity contribution in [2.45, 2.75) is 13.3 Å². The summed E-state index contributed by atoms with van der Waals surface area (Å²) < 4.78 is 5.34. The molecule has 0 saturated heterocycles. The lowest BCUT2D eigenvalue weighted by atomic mass is 10.0. The summed E-state index contributed by atoms with van der Waals surface area (Å²) >= 11 is 2.04. The SMILES string of the molecule is COC1=C[C@H](C)C2=C1CCSC2. The van der Waals surface area contributed by atoms with Gasteiger partial charge in [0, 0.05) is 11.7 Å². The van der Waals surface area contributed by atoms with Crippen molar-refractivity contribution in [1.29, 1.82) is 0 Å². The summed E-state index contributed by atoms with van der Waals surface area (Å²) in [6.45, 7) is 2.26. The summed E-state index contributed by atoms with van der Waals surface area (Å²) in [6.07, 6.45) is 3.44. The summed E-state index contributed by atoms with van der Waals surface area (Å²) in [5.74, 6) is 4.21. The normalized spacial score (nSPS) is 28.5. The van der Waals surface area contributed by atoms with Gasteiger partial charge < -0.3 is 4.74 Å². The Hall–Kier alpha value is -0.370. The smallest absolute Gasteiger partial charge is 0.118 e. The first-order chi connectivity index (χ1) is 5.83. The van der Waals surface area contributed by atoms with Crippen LogP contribution in [-0.2, 0) is 4.74 Å². The molecule has 0 aromatic heterocycles. The van der Waals surface area contributed by atoms with Crippen molar-refractivity contribution < 1.29 is 4.74 Å². The molecule has 2 aliphatic rings. The number of hydrogen-bond acceptors (Lipinski definition) is 2. The van der Waals surface area contributed by atoms with Crippen LogP contribution in [0.15, 0.2) is 23.0 Å². The maximum absolute atomic E-state index is 5.34. The fourth-order valence-corrected chi connectivity index (χ4v) is 3.06. The van der Waals surface area contributed by atoms with Crippen molar-refractivity contribution in [3.8, 4) is 0 Å². The molecule has 1 heterocycles. The van der Waals surface area contributed by atoms with Crippen LogP contribution < -0.4 is 0 Å². The molecule has 0 aromatic rings. The Labute approximate surface area is 77.9 Å². The molecule has 0 bridgehead atoms. The maximum atomic E-state index is 5.34. The second-order valence-corrected chi connectivity index (χ2v) is 4.44. The number of rotatable bonds is 1. The van der Waals surface area contributed by atoms with E-state index >= 15 is 0 Å². The van der Waals surface area contributed by atoms with Crippen molar-refractivity contribution >= 4 is 11.8 Å². The fraction of sp³-hybridized carbons (Fsp3) is 0.600. The van der Waals surface area contributed by atoms with Gasteiger partial charge in [-0.05, 0) is 29.4 Å². The Kier molecular flexibility index (Phi) is 2.18. The first-order valence-electron chi connectivity index (χ1n) is 4.38. The average molecular weight is 182 g/mol. The lowest BCUT2D eigenvalue weighted by Crippen LogP contribution is -2.05. The van der Waals surface area contributed by atoms with Crippen molar-refractivity contribution in [3.05, 3.63) is 23.0 Å². The number of allylic oxidation sites excluding steroid dienone is 2. The third kappa shape index (κ3) is 1.18. The minimum absolute atomic E-state index is 0.614. The first kappa shape index (κ1) is 8.24. The van der Waals surface area contributed by atoms with Gasteiger partial charge in [0.25, 0.3) is 0 Å². The molecule has 0 saturated carbocycles. The van der Waals surface area contributed by atoms with Gasteiger partial charge in [-0.3, -0.25) is 0 Å². The standard InChI is InChI=1S/C10H14OS/c1-7-5-10(11-2)8-3-4-12-6-9(7)8/h5,7H,3-4,6H2,1-2H3/t7-/m0/s1. The summed E-state index contributed by atoms with van der Waals surface area (Å²) in [5.41, 5.74) is 3.09. The third-order valence-electron chi connectivity index (χ3n) is 2.61. The fourth-order valence-electron chi connectivity index (χ4n) is 1.91. The molecule has 1 aliphatic heterocycles. The van der Waals surface area contributed by atoms with Gasteiger partial charge in [0.15, 0.2) is 0 Å². The molecule has 66 valence electrons. The summed E-state index contributed by atoms with van der Waals surface area (Å²) in [5, 5.41) is 0. The van der Waals surface area contributed by atoms with E-state index < -0.39 is 0 Å². The van der Waals surface area contributed by atoms with E-state index in [1.165, 1.54) is 23.5 Å². The van der Waals surface area contributed by atoms with E-state index in [4.69, 9.17) is 4.74 Å². The van der Waals surface area contributed by atoms with Gasteiger partial charge in [0.05, 0.1) is 7.11 Å². The molecule has 12 heavy (non-hydrogen) atoms. The highest BCUT2D eigenvalue weighted by atomic mass is 32.2. The Bertz CT molecular complexity index is 253. The van der Waals surface area contributed by atoms with Crippen LogP contribution in [0.1, 0.15) is 13.3 Å². The van der Waals surface area contributed by atoms with Gasteiger partial charge in [-0.15, -0.1) is 0 Å². The Morgan fingerprint density at radius 1 is 1.58 bits per heavy atom. The van der Waals surface area contributed by atoms with Crippen LogP contribution in [0, 0.1) is 5.92 Å². The highest BCUT2D eigenvalue weighted by Gasteiger charge is 2.26. The number of methoxy groups -OCH3 is 1.